The molecule has 0 radical (unpaired) electrons. The molecule has 1 aliphatic rings. The molecule has 0 atom stereocenters. The van der Waals surface area contributed by atoms with E-state index in [1.54, 1.807) is 0 Å². The van der Waals surface area contributed by atoms with Crippen molar-refractivity contribution in [3.8, 4) is 0 Å². The summed E-state index contributed by atoms with van der Waals surface area (Å²) in [6, 6.07) is 0. The molecule has 0 N–H and O–H groups in total. The van der Waals surface area contributed by atoms with Crippen LogP contribution in [-0.2, 0) is 0 Å². The molecule has 0 aliphatic carbocycles. The van der Waals surface area contributed by atoms with Crippen molar-refractivity contribution in [2.24, 2.45) is 0 Å². The van der Waals surface area contributed by atoms with Crippen LogP contribution in [-0.4, -0.2) is 30.9 Å². The minimum Gasteiger partial charge on any atom is -0.0921 e. The Morgan fingerprint density at radius 2 is 1.18 bits per heavy atom. The Labute approximate surface area is 144 Å². The zero-order valence-corrected chi connectivity index (χ0v) is 20.2. The summed E-state index contributed by atoms with van der Waals surface area (Å²) in [5.74, 6) is 0. The molecule has 0 aromatic rings. The summed E-state index contributed by atoms with van der Waals surface area (Å²) >= 11 is 0. The van der Waals surface area contributed by atoms with E-state index in [-0.39, 0.29) is 0 Å². The molecule has 0 spiro atoms. The normalized spacial score (nSPS) is 19.2. The molecule has 4 heteroatoms. The molecular formula is C18H39BSi3. The van der Waals surface area contributed by atoms with E-state index < -0.39 is 24.2 Å². The van der Waals surface area contributed by atoms with Crippen LogP contribution >= 0.6 is 0 Å². The van der Waals surface area contributed by atoms with Gasteiger partial charge in [0.2, 0.25) is 0 Å². The first-order chi connectivity index (χ1) is 9.83. The molecule has 0 amide bonds. The van der Waals surface area contributed by atoms with Gasteiger partial charge in [-0.3, -0.25) is 0 Å². The number of hydrogen-bond donors (Lipinski definition) is 0. The van der Waals surface area contributed by atoms with E-state index in [0.29, 0.717) is 0 Å². The van der Waals surface area contributed by atoms with Crippen LogP contribution in [0.25, 0.3) is 0 Å². The molecule has 0 aromatic heterocycles. The Kier molecular flexibility index (Phi) is 6.07. The van der Waals surface area contributed by atoms with Crippen molar-refractivity contribution in [1.29, 1.82) is 0 Å². The highest BCUT2D eigenvalue weighted by molar-refractivity contribution is 7.18. The molecule has 1 heterocycles. The van der Waals surface area contributed by atoms with E-state index >= 15 is 0 Å². The van der Waals surface area contributed by atoms with Gasteiger partial charge < -0.3 is 0 Å². The van der Waals surface area contributed by atoms with Crippen molar-refractivity contribution in [3.05, 3.63) is 20.7 Å². The van der Waals surface area contributed by atoms with Gasteiger partial charge in [0.25, 0.3) is 0 Å². The highest BCUT2D eigenvalue weighted by Gasteiger charge is 2.50. The summed E-state index contributed by atoms with van der Waals surface area (Å²) < 4.78 is 0. The Morgan fingerprint density at radius 3 is 1.45 bits per heavy atom. The first-order valence-electron chi connectivity index (χ1n) is 9.33. The zero-order chi connectivity index (χ0) is 17.5. The van der Waals surface area contributed by atoms with Crippen molar-refractivity contribution in [2.45, 2.75) is 92.2 Å². The quantitative estimate of drug-likeness (QED) is 0.472. The number of allylic oxidation sites excluding steroid dienone is 2. The maximum Gasteiger partial charge on any atom is 0.174 e. The smallest absolute Gasteiger partial charge is 0.0921 e. The molecule has 0 fully saturated rings. The average molecular weight is 351 g/mol. The maximum atomic E-state index is 2.68. The van der Waals surface area contributed by atoms with Crippen LogP contribution < -0.4 is 0 Å². The molecule has 0 nitrogen and oxygen atoms in total. The van der Waals surface area contributed by atoms with Gasteiger partial charge in [0.1, 0.15) is 0 Å². The van der Waals surface area contributed by atoms with Crippen LogP contribution in [0.5, 0.6) is 0 Å². The highest BCUT2D eigenvalue weighted by Crippen LogP contribution is 2.49. The van der Waals surface area contributed by atoms with Gasteiger partial charge in [-0.1, -0.05) is 106 Å². The van der Waals surface area contributed by atoms with Crippen LogP contribution in [0.1, 0.15) is 27.2 Å². The lowest BCUT2D eigenvalue weighted by molar-refractivity contribution is 1.13. The number of rotatable bonds is 6. The van der Waals surface area contributed by atoms with E-state index in [4.69, 9.17) is 0 Å². The molecule has 1 rings (SSSR count). The van der Waals surface area contributed by atoms with E-state index in [1.807, 2.05) is 20.7 Å². The molecular weight excluding hydrogens is 311 g/mol. The molecule has 126 valence electrons. The van der Waals surface area contributed by atoms with Gasteiger partial charge in [-0.25, -0.2) is 0 Å². The second kappa shape index (κ2) is 6.60. The average Bonchev–Trinajstić information content (AvgIpc) is 2.57. The van der Waals surface area contributed by atoms with Gasteiger partial charge in [-0.05, 0) is 6.42 Å². The van der Waals surface area contributed by atoms with Crippen LogP contribution in [0, 0.1) is 0 Å². The summed E-state index contributed by atoms with van der Waals surface area (Å²) in [7, 11) is -3.96. The summed E-state index contributed by atoms with van der Waals surface area (Å²) in [5, 5.41) is 0. The standard InChI is InChI=1S/C18H39BSi3/c1-12-15-16(19(13-2)14-3)18(21(7,8)9)22(10,11)17(15)20(4,5)6/h12-14H2,1-11H3. The van der Waals surface area contributed by atoms with Crippen LogP contribution in [0.2, 0.25) is 65.0 Å². The summed E-state index contributed by atoms with van der Waals surface area (Å²) in [4.78, 5) is 4.02. The summed E-state index contributed by atoms with van der Waals surface area (Å²) in [5.41, 5.74) is 3.71. The lowest BCUT2D eigenvalue weighted by Gasteiger charge is -2.38. The third-order valence-corrected chi connectivity index (χ3v) is 20.3. The van der Waals surface area contributed by atoms with Gasteiger partial charge in [0.05, 0.1) is 24.2 Å². The van der Waals surface area contributed by atoms with E-state index in [2.05, 4.69) is 73.1 Å². The van der Waals surface area contributed by atoms with Gasteiger partial charge in [-0.15, -0.1) is 0 Å². The lowest BCUT2D eigenvalue weighted by Crippen LogP contribution is -2.48. The molecule has 22 heavy (non-hydrogen) atoms. The Balaban J connectivity index is 3.79. The van der Waals surface area contributed by atoms with E-state index in [9.17, 15) is 0 Å². The van der Waals surface area contributed by atoms with E-state index in [1.165, 1.54) is 19.1 Å². The zero-order valence-electron chi connectivity index (χ0n) is 17.2. The Hall–Kier alpha value is 0.196. The molecule has 0 saturated heterocycles. The minimum absolute atomic E-state index is 0.803. The van der Waals surface area contributed by atoms with Crippen molar-refractivity contribution in [1.82, 2.24) is 0 Å². The van der Waals surface area contributed by atoms with Gasteiger partial charge in [0.15, 0.2) is 6.71 Å². The maximum absolute atomic E-state index is 2.68. The predicted octanol–water partition coefficient (Wildman–Crippen LogP) is 6.62. The van der Waals surface area contributed by atoms with Gasteiger partial charge >= 0.3 is 0 Å². The second-order valence-electron chi connectivity index (χ2n) is 9.63. The second-order valence-corrected chi connectivity index (χ2v) is 24.9. The molecule has 1 aliphatic heterocycles. The third-order valence-electron chi connectivity index (χ3n) is 5.39. The fourth-order valence-electron chi connectivity index (χ4n) is 5.37. The minimum atomic E-state index is -1.43. The fraction of sp³-hybridized carbons (Fsp3) is 0.778. The first-order valence-corrected chi connectivity index (χ1v) is 19.3. The SMILES string of the molecule is CCB(CC)C1=C([Si](C)(C)C)[Si](C)(C)C([Si](C)(C)C)=C1CC. The first kappa shape index (κ1) is 20.2. The summed E-state index contributed by atoms with van der Waals surface area (Å²) in [6.07, 6.45) is 3.88. The van der Waals surface area contributed by atoms with E-state index in [0.717, 1.165) is 6.71 Å². The van der Waals surface area contributed by atoms with Crippen LogP contribution in [0.4, 0.5) is 0 Å². The molecule has 0 aromatic carbocycles. The topological polar surface area (TPSA) is 0 Å². The number of hydrogen-bond acceptors (Lipinski definition) is 0. The monoisotopic (exact) mass is 350 g/mol. The van der Waals surface area contributed by atoms with Crippen molar-refractivity contribution in [3.63, 3.8) is 0 Å². The van der Waals surface area contributed by atoms with Crippen LogP contribution in [0.3, 0.4) is 0 Å². The molecule has 0 unspecified atom stereocenters. The Bertz CT molecular complexity index is 483. The largest absolute Gasteiger partial charge is 0.174 e. The van der Waals surface area contributed by atoms with Crippen molar-refractivity contribution < 1.29 is 0 Å². The third kappa shape index (κ3) is 3.49. The lowest BCUT2D eigenvalue weighted by atomic mass is 9.40. The van der Waals surface area contributed by atoms with Crippen LogP contribution in [0.15, 0.2) is 20.7 Å². The molecule has 0 saturated carbocycles. The highest BCUT2D eigenvalue weighted by atomic mass is 28.4. The van der Waals surface area contributed by atoms with Crippen molar-refractivity contribution in [2.75, 3.05) is 0 Å². The van der Waals surface area contributed by atoms with Gasteiger partial charge in [-0.2, -0.15) is 0 Å². The predicted molar refractivity (Wildman–Crippen MR) is 115 cm³/mol. The molecule has 0 bridgehead atoms. The summed E-state index contributed by atoms with van der Waals surface area (Å²) in [6.45, 7) is 28.9. The Morgan fingerprint density at radius 1 is 0.773 bits per heavy atom. The van der Waals surface area contributed by atoms with Crippen molar-refractivity contribution >= 4 is 30.9 Å². The van der Waals surface area contributed by atoms with Gasteiger partial charge in [0, 0.05) is 0 Å². The fourth-order valence-corrected chi connectivity index (χ4v) is 26.2.